The fraction of sp³-hybridized carbons (Fsp3) is 0.0897. The van der Waals surface area contributed by atoms with Gasteiger partial charge >= 0.3 is 108 Å². The number of thiophene rings is 5. The molecule has 0 aliphatic heterocycles. The van der Waals surface area contributed by atoms with Crippen LogP contribution in [0.15, 0.2) is 228 Å². The molecule has 0 unspecified atom stereocenters. The first-order chi connectivity index (χ1) is 53.4. The number of halogens is 12. The van der Waals surface area contributed by atoms with Crippen molar-refractivity contribution >= 4 is 270 Å². The van der Waals surface area contributed by atoms with Crippen molar-refractivity contribution in [2.24, 2.45) is 0 Å². The van der Waals surface area contributed by atoms with Crippen molar-refractivity contribution in [3.8, 4) is 71.7 Å². The van der Waals surface area contributed by atoms with E-state index in [4.69, 9.17) is 131 Å². The van der Waals surface area contributed by atoms with Crippen LogP contribution in [-0.2, 0) is 17.9 Å². The fourth-order valence-electron chi connectivity index (χ4n) is 9.71. The molecule has 5 N–H and O–H groups in total. The Kier molecular flexibility index (Phi) is 38.3. The molecule has 13 aromatic rings. The summed E-state index contributed by atoms with van der Waals surface area (Å²) in [6, 6.07) is 39.7. The van der Waals surface area contributed by atoms with Crippen LogP contribution in [0.1, 0.15) is 35.9 Å². The number of aromatic carboxylic acids is 2. The Morgan fingerprint density at radius 2 is 0.964 bits per heavy atom. The molecule has 5 aromatic carbocycles. The van der Waals surface area contributed by atoms with E-state index >= 15 is 0 Å². The van der Waals surface area contributed by atoms with Crippen LogP contribution in [-0.4, -0.2) is 95.7 Å². The van der Waals surface area contributed by atoms with Crippen molar-refractivity contribution in [3.63, 3.8) is 0 Å². The third kappa shape index (κ3) is 27.6. The average Bonchev–Trinajstić information content (AvgIpc) is 1.62. The maximum Gasteiger partial charge on any atom is 0.569 e. The van der Waals surface area contributed by atoms with Gasteiger partial charge in [0, 0.05) is 139 Å². The number of rotatable bonds is 19. The summed E-state index contributed by atoms with van der Waals surface area (Å²) in [5.74, 6) is 0.863. The number of imidazole rings is 2. The first-order valence-electron chi connectivity index (χ1n) is 32.4. The van der Waals surface area contributed by atoms with E-state index in [0.717, 1.165) is 67.9 Å². The van der Waals surface area contributed by atoms with Crippen molar-refractivity contribution < 1.29 is 39.1 Å². The number of carbonyl (C=O) groups is 4. The normalized spacial score (nSPS) is 10.4. The van der Waals surface area contributed by atoms with Crippen molar-refractivity contribution in [2.45, 2.75) is 34.8 Å². The zero-order valence-corrected chi connectivity index (χ0v) is 77.4. The van der Waals surface area contributed by atoms with Gasteiger partial charge in [-0.05, 0) is 157 Å². The Balaban J connectivity index is 0.000000184. The van der Waals surface area contributed by atoms with Crippen molar-refractivity contribution in [1.29, 1.82) is 0 Å². The predicted molar refractivity (Wildman–Crippen MR) is 490 cm³/mol. The number of benzene rings is 5. The molecule has 112 heavy (non-hydrogen) atoms. The molecule has 1 radical (unpaired) electrons. The minimum absolute atomic E-state index is 0.0706. The number of carboxylic acid groups (broad SMARTS) is 2. The Labute approximate surface area is 744 Å². The summed E-state index contributed by atoms with van der Waals surface area (Å²) in [5.41, 5.74) is 7.00. The SMILES string of the molecule is C=CCNC(=O)c1sccc1-c1ccc(Cl)cc1Cl.C=CCn1ccnc1-c1sc(I)cc1-c1ccc(Cl)cc1Cl.C=CCn1ccnc1-c1sccc1-c1ccc(Cl)cc1Cl.CC(=O)Nc1c[c]([Sn]([CH3])([CH3])[CH3])ccn1.O=C(O)c1sccc1-c1ccc(Cl)cc1Cl.O=C(O)c1sccc1Br.O[B]Oc1ccc(Cl)cc1Cl. The Hall–Kier alpha value is -6.00. The van der Waals surface area contributed by atoms with Gasteiger partial charge in [0.15, 0.2) is 11.6 Å². The number of allylic oxidation sites excluding steroid dienone is 2. The minimum Gasteiger partial charge on any atom is -0.536 e. The third-order valence-electron chi connectivity index (χ3n) is 14.7. The van der Waals surface area contributed by atoms with Crippen molar-refractivity contribution in [2.75, 3.05) is 11.9 Å². The topological polar surface area (TPSA) is 211 Å². The first kappa shape index (κ1) is 93.2. The molecule has 34 heteroatoms. The van der Waals surface area contributed by atoms with Crippen LogP contribution in [0, 0.1) is 2.88 Å². The monoisotopic (exact) mass is 2070 g/mol. The van der Waals surface area contributed by atoms with Crippen LogP contribution >= 0.6 is 211 Å². The van der Waals surface area contributed by atoms with E-state index in [1.807, 2.05) is 77.8 Å². The van der Waals surface area contributed by atoms with E-state index in [1.54, 1.807) is 125 Å². The van der Waals surface area contributed by atoms with E-state index in [1.165, 1.54) is 53.5 Å². The van der Waals surface area contributed by atoms with Gasteiger partial charge in [0.05, 0.1) is 22.5 Å². The van der Waals surface area contributed by atoms with E-state index in [0.29, 0.717) is 101 Å². The second kappa shape index (κ2) is 46.1. The molecule has 8 heterocycles. The van der Waals surface area contributed by atoms with Gasteiger partial charge in [-0.3, -0.25) is 4.79 Å². The van der Waals surface area contributed by atoms with Crippen LogP contribution in [0.3, 0.4) is 0 Å². The predicted octanol–water partition coefficient (Wildman–Crippen LogP) is 26.9. The molecule has 8 aromatic heterocycles. The van der Waals surface area contributed by atoms with Crippen LogP contribution in [0.2, 0.25) is 65.0 Å². The molecule has 0 bridgehead atoms. The molecule has 0 atom stereocenters. The summed E-state index contributed by atoms with van der Waals surface area (Å²) >= 11 is 70.3. The van der Waals surface area contributed by atoms with Gasteiger partial charge in [0.1, 0.15) is 15.5 Å². The first-order valence-corrected chi connectivity index (χ1v) is 52.3. The van der Waals surface area contributed by atoms with Crippen LogP contribution in [0.4, 0.5) is 5.82 Å². The summed E-state index contributed by atoms with van der Waals surface area (Å²) < 4.78 is 12.0. The zero-order chi connectivity index (χ0) is 81.9. The molecule has 0 fully saturated rings. The molecule has 0 aliphatic carbocycles. The molecule has 15 nitrogen and oxygen atoms in total. The van der Waals surface area contributed by atoms with Crippen molar-refractivity contribution in [1.82, 2.24) is 29.4 Å². The molecule has 0 saturated heterocycles. The van der Waals surface area contributed by atoms with Crippen LogP contribution in [0.25, 0.3) is 65.9 Å². The summed E-state index contributed by atoms with van der Waals surface area (Å²) in [7, 11) is 0.565. The number of carbonyl (C=O) groups excluding carboxylic acids is 2. The number of pyridine rings is 1. The molecular formula is C78H63BBrCl10IN7O8S5Sn. The standard InChI is InChI=1S/C16H11Cl2IN2S.C16H12Cl2N2S.C14H11Cl2NOS.C11H6Cl2O2S.C7H7N2O.C6H4BCl2O2.C5H3BrO2S.3CH3.Sn/c1-2-6-21-7-5-20-16(21)15-12(9-14(19)22-15)11-4-3-10(17)8-13(11)18;1-2-7-20-8-6-19-16(20)15-13(5-9-21-15)12-4-3-11(17)10-14(12)18;1-2-6-17-14(18)13-11(5-7-19-13)10-4-3-9(15)8-12(10)16;12-6-1-2-7(9(13)5-6)8-3-4-16-10(8)11(14)15;1-6(10)9-7-4-2-3-5-8-7;8-4-1-2-6(11-7-10)5(9)3-4;6-3-1-2-9-4(3)5(7)8;;;;/h2-5,7-9H,1,6H2;2-6,8-10H,1,7H2;2-5,7-8H,1,6H2,(H,17,18);1-5H,(H,14,15);3-5H,1H3,(H,8,9,10);1-3,10H;1-2H,(H,7,8);3*1H3;. The number of carboxylic acids is 2. The number of hydrogen-bond donors (Lipinski definition) is 5. The van der Waals surface area contributed by atoms with E-state index in [2.05, 4.69) is 131 Å². The van der Waals surface area contributed by atoms with Crippen LogP contribution in [0.5, 0.6) is 5.75 Å². The molecule has 0 spiro atoms. The smallest absolute Gasteiger partial charge is 0.536 e. The maximum absolute atomic E-state index is 12.0. The maximum atomic E-state index is 12.0. The van der Waals surface area contributed by atoms with Gasteiger partial charge in [-0.1, -0.05) is 159 Å². The second-order valence-corrected chi connectivity index (χ2v) is 49.7. The molecule has 13 rings (SSSR count). The van der Waals surface area contributed by atoms with Gasteiger partial charge in [-0.2, -0.15) is 0 Å². The molecule has 0 saturated carbocycles. The number of aromatic nitrogens is 5. The van der Waals surface area contributed by atoms with Crippen LogP contribution < -0.4 is 18.9 Å². The van der Waals surface area contributed by atoms with Gasteiger partial charge in [0.25, 0.3) is 5.91 Å². The number of hydrogen-bond acceptors (Lipinski definition) is 14. The summed E-state index contributed by atoms with van der Waals surface area (Å²) in [4.78, 5) is 67.6. The quantitative estimate of drug-likeness (QED) is 0.0292. The molecule has 0 aliphatic rings. The summed E-state index contributed by atoms with van der Waals surface area (Å²) in [6.07, 6.45) is 14.6. The minimum atomic E-state index is -2.02. The summed E-state index contributed by atoms with van der Waals surface area (Å²) in [6.45, 7) is 14.5. The van der Waals surface area contributed by atoms with E-state index in [-0.39, 0.29) is 16.7 Å². The third-order valence-corrected chi connectivity index (χ3v) is 29.7. The van der Waals surface area contributed by atoms with E-state index in [9.17, 15) is 19.2 Å². The Bertz CT molecular complexity index is 5440. The van der Waals surface area contributed by atoms with Gasteiger partial charge in [0.2, 0.25) is 0 Å². The largest absolute Gasteiger partial charge is 0.569 e. The Morgan fingerprint density at radius 1 is 0.527 bits per heavy atom. The van der Waals surface area contributed by atoms with Gasteiger partial charge in [-0.15, -0.1) is 76.4 Å². The zero-order valence-electron chi connectivity index (χ0n) is 59.1. The summed E-state index contributed by atoms with van der Waals surface area (Å²) in [5, 5.41) is 44.1. The second-order valence-electron chi connectivity index (χ2n) is 23.5. The fourth-order valence-corrected chi connectivity index (χ4v) is 21.2. The molecule has 579 valence electrons. The molecular weight excluding hydrogens is 2010 g/mol. The van der Waals surface area contributed by atoms with Gasteiger partial charge < -0.3 is 34.3 Å². The van der Waals surface area contributed by atoms with Crippen molar-refractivity contribution in [3.05, 3.63) is 296 Å². The number of anilines is 1. The van der Waals surface area contributed by atoms with Gasteiger partial charge in [-0.25, -0.2) is 19.6 Å². The average molecular weight is 2080 g/mol. The Morgan fingerprint density at radius 3 is 1.40 bits per heavy atom. The number of nitrogens with zero attached hydrogens (tertiary/aromatic N) is 5. The number of nitrogens with one attached hydrogen (secondary N) is 2. The number of amides is 2. The van der Waals surface area contributed by atoms with E-state index < -0.39 is 30.3 Å². The molecule has 2 amide bonds.